The predicted octanol–water partition coefficient (Wildman–Crippen LogP) is 2.21. The van der Waals surface area contributed by atoms with Crippen LogP contribution < -0.4 is 5.32 Å². The van der Waals surface area contributed by atoms with Gasteiger partial charge in [0.15, 0.2) is 11.4 Å². The van der Waals surface area contributed by atoms with Gasteiger partial charge in [-0.15, -0.1) is 0 Å². The molecule has 2 heterocycles. The van der Waals surface area contributed by atoms with Crippen molar-refractivity contribution in [2.45, 2.75) is 0 Å². The van der Waals surface area contributed by atoms with Crippen LogP contribution in [0.3, 0.4) is 0 Å². The zero-order chi connectivity index (χ0) is 13.9. The third-order valence-corrected chi connectivity index (χ3v) is 2.65. The van der Waals surface area contributed by atoms with Gasteiger partial charge in [0.05, 0.1) is 0 Å². The number of carbonyl (C=O) groups excluding carboxylic acids is 1. The second-order valence-corrected chi connectivity index (χ2v) is 4.22. The largest absolute Gasteiger partial charge is 0.437 e. The summed E-state index contributed by atoms with van der Waals surface area (Å²) in [5, 5.41) is 6.69. The van der Waals surface area contributed by atoms with Gasteiger partial charge in [-0.05, 0) is 12.1 Å². The van der Waals surface area contributed by atoms with Crippen molar-refractivity contribution in [2.24, 2.45) is 7.05 Å². The smallest absolute Gasteiger partial charge is 0.249 e. The molecular formula is C14H12N4O2. The van der Waals surface area contributed by atoms with Crippen molar-refractivity contribution in [1.29, 1.82) is 0 Å². The molecule has 0 spiro atoms. The molecule has 1 N–H and O–H groups in total. The van der Waals surface area contributed by atoms with Gasteiger partial charge in [-0.3, -0.25) is 9.48 Å². The number of aryl methyl sites for hydroxylation is 1. The van der Waals surface area contributed by atoms with E-state index < -0.39 is 0 Å². The minimum absolute atomic E-state index is 0.286. The number of aromatic nitrogens is 3. The number of oxazole rings is 1. The lowest BCUT2D eigenvalue weighted by Crippen LogP contribution is -2.08. The Labute approximate surface area is 114 Å². The predicted molar refractivity (Wildman–Crippen MR) is 74.9 cm³/mol. The first-order valence-electron chi connectivity index (χ1n) is 6.05. The van der Waals surface area contributed by atoms with Gasteiger partial charge < -0.3 is 9.73 Å². The third-order valence-electron chi connectivity index (χ3n) is 2.65. The molecule has 3 rings (SSSR count). The van der Waals surface area contributed by atoms with Gasteiger partial charge in [0, 0.05) is 31.5 Å². The molecule has 0 aliphatic rings. The van der Waals surface area contributed by atoms with Gasteiger partial charge in [-0.1, -0.05) is 12.1 Å². The summed E-state index contributed by atoms with van der Waals surface area (Å²) < 4.78 is 7.09. The molecule has 1 amide bonds. The Morgan fingerprint density at radius 2 is 2.20 bits per heavy atom. The zero-order valence-electron chi connectivity index (χ0n) is 10.8. The number of nitrogens with zero attached hydrogens (tertiary/aromatic N) is 3. The summed E-state index contributed by atoms with van der Waals surface area (Å²) in [4.78, 5) is 15.9. The number of anilines is 1. The van der Waals surface area contributed by atoms with Crippen molar-refractivity contribution in [2.75, 3.05) is 5.32 Å². The number of hydrogen-bond acceptors (Lipinski definition) is 4. The maximum Gasteiger partial charge on any atom is 0.249 e. The number of hydrogen-bond donors (Lipinski definition) is 1. The van der Waals surface area contributed by atoms with Crippen LogP contribution >= 0.6 is 0 Å². The molecule has 0 aliphatic carbocycles. The van der Waals surface area contributed by atoms with Crippen LogP contribution in [0.4, 0.5) is 5.82 Å². The number of benzene rings is 1. The summed E-state index contributed by atoms with van der Waals surface area (Å²) >= 11 is 0. The molecule has 20 heavy (non-hydrogen) atoms. The topological polar surface area (TPSA) is 73.0 Å². The molecule has 0 bridgehead atoms. The number of para-hydroxylation sites is 2. The van der Waals surface area contributed by atoms with Crippen molar-refractivity contribution in [3.63, 3.8) is 0 Å². The molecule has 1 aromatic carbocycles. The van der Waals surface area contributed by atoms with E-state index in [0.29, 0.717) is 17.3 Å². The minimum Gasteiger partial charge on any atom is -0.437 e. The average Bonchev–Trinajstić information content (AvgIpc) is 3.02. The SMILES string of the molecule is Cn1ccc(NC(=O)C=Cc2nc3ccccc3o2)n1. The Balaban J connectivity index is 1.71. The molecule has 2 aromatic heterocycles. The monoisotopic (exact) mass is 268 g/mol. The van der Waals surface area contributed by atoms with Gasteiger partial charge in [0.2, 0.25) is 11.8 Å². The van der Waals surface area contributed by atoms with E-state index in [1.807, 2.05) is 24.3 Å². The maximum atomic E-state index is 11.7. The lowest BCUT2D eigenvalue weighted by Gasteiger charge is -1.94. The van der Waals surface area contributed by atoms with E-state index in [1.54, 1.807) is 24.0 Å². The minimum atomic E-state index is -0.286. The second kappa shape index (κ2) is 5.00. The Morgan fingerprint density at radius 1 is 1.35 bits per heavy atom. The van der Waals surface area contributed by atoms with Crippen LogP contribution in [0.1, 0.15) is 5.89 Å². The zero-order valence-corrected chi connectivity index (χ0v) is 10.8. The van der Waals surface area contributed by atoms with E-state index >= 15 is 0 Å². The summed E-state index contributed by atoms with van der Waals surface area (Å²) in [7, 11) is 1.78. The highest BCUT2D eigenvalue weighted by molar-refractivity contribution is 6.01. The fraction of sp³-hybridized carbons (Fsp3) is 0.0714. The van der Waals surface area contributed by atoms with Gasteiger partial charge >= 0.3 is 0 Å². The van der Waals surface area contributed by atoms with Crippen molar-refractivity contribution in [3.05, 3.63) is 48.5 Å². The summed E-state index contributed by atoms with van der Waals surface area (Å²) in [6, 6.07) is 9.14. The molecule has 0 aliphatic heterocycles. The molecule has 3 aromatic rings. The molecule has 0 atom stereocenters. The van der Waals surface area contributed by atoms with Gasteiger partial charge in [-0.2, -0.15) is 5.10 Å². The lowest BCUT2D eigenvalue weighted by molar-refractivity contribution is -0.111. The van der Waals surface area contributed by atoms with Crippen LogP contribution in [0.2, 0.25) is 0 Å². The van der Waals surface area contributed by atoms with Crippen LogP contribution in [-0.4, -0.2) is 20.7 Å². The Kier molecular flexibility index (Phi) is 3.04. The highest BCUT2D eigenvalue weighted by Crippen LogP contribution is 2.15. The van der Waals surface area contributed by atoms with Gasteiger partial charge in [0.25, 0.3) is 0 Å². The fourth-order valence-corrected chi connectivity index (χ4v) is 1.76. The molecule has 6 nitrogen and oxygen atoms in total. The van der Waals surface area contributed by atoms with Crippen molar-refractivity contribution < 1.29 is 9.21 Å². The van der Waals surface area contributed by atoms with E-state index in [1.165, 1.54) is 12.2 Å². The first kappa shape index (κ1) is 12.2. The van der Waals surface area contributed by atoms with Crippen LogP contribution in [-0.2, 0) is 11.8 Å². The van der Waals surface area contributed by atoms with Crippen LogP contribution in [0, 0.1) is 0 Å². The Bertz CT molecular complexity index is 752. The van der Waals surface area contributed by atoms with Crippen LogP contribution in [0.25, 0.3) is 17.2 Å². The van der Waals surface area contributed by atoms with E-state index in [-0.39, 0.29) is 5.91 Å². The summed E-state index contributed by atoms with van der Waals surface area (Å²) in [5.74, 6) is 0.605. The molecular weight excluding hydrogens is 256 g/mol. The van der Waals surface area contributed by atoms with E-state index in [9.17, 15) is 4.79 Å². The third kappa shape index (κ3) is 2.59. The molecule has 0 unspecified atom stereocenters. The van der Waals surface area contributed by atoms with Crippen molar-refractivity contribution in [1.82, 2.24) is 14.8 Å². The number of amides is 1. The van der Waals surface area contributed by atoms with E-state index in [2.05, 4.69) is 15.4 Å². The average molecular weight is 268 g/mol. The molecule has 0 fully saturated rings. The lowest BCUT2D eigenvalue weighted by atomic mass is 10.3. The highest BCUT2D eigenvalue weighted by Gasteiger charge is 2.03. The van der Waals surface area contributed by atoms with E-state index in [0.717, 1.165) is 5.52 Å². The van der Waals surface area contributed by atoms with Crippen LogP contribution in [0.5, 0.6) is 0 Å². The van der Waals surface area contributed by atoms with Gasteiger partial charge in [0.1, 0.15) is 5.52 Å². The Morgan fingerprint density at radius 3 is 2.95 bits per heavy atom. The maximum absolute atomic E-state index is 11.7. The first-order chi connectivity index (χ1) is 9.70. The quantitative estimate of drug-likeness (QED) is 0.739. The number of fused-ring (bicyclic) bond motifs is 1. The number of rotatable bonds is 3. The second-order valence-electron chi connectivity index (χ2n) is 4.22. The van der Waals surface area contributed by atoms with Gasteiger partial charge in [-0.25, -0.2) is 4.98 Å². The van der Waals surface area contributed by atoms with Crippen molar-refractivity contribution in [3.8, 4) is 0 Å². The molecule has 0 saturated carbocycles. The molecule has 0 saturated heterocycles. The Hall–Kier alpha value is -2.89. The first-order valence-corrected chi connectivity index (χ1v) is 6.05. The normalized spacial score (nSPS) is 11.2. The van der Waals surface area contributed by atoms with Crippen molar-refractivity contribution >= 4 is 28.9 Å². The fourth-order valence-electron chi connectivity index (χ4n) is 1.76. The number of carbonyl (C=O) groups is 1. The van der Waals surface area contributed by atoms with E-state index in [4.69, 9.17) is 4.42 Å². The molecule has 6 heteroatoms. The highest BCUT2D eigenvalue weighted by atomic mass is 16.3. The molecule has 0 radical (unpaired) electrons. The van der Waals surface area contributed by atoms with Crippen LogP contribution in [0.15, 0.2) is 47.0 Å². The standard InChI is InChI=1S/C14H12N4O2/c1-18-9-8-12(17-18)16-13(19)6-7-14-15-10-4-2-3-5-11(10)20-14/h2-9H,1H3,(H,16,17,19). The summed E-state index contributed by atoms with van der Waals surface area (Å²) in [6.45, 7) is 0. The molecule has 100 valence electrons. The summed E-state index contributed by atoms with van der Waals surface area (Å²) in [5.41, 5.74) is 1.45. The number of nitrogens with one attached hydrogen (secondary N) is 1. The summed E-state index contributed by atoms with van der Waals surface area (Å²) in [6.07, 6.45) is 4.64.